The number of halogens is 4. The van der Waals surface area contributed by atoms with Gasteiger partial charge in [0.05, 0.1) is 11.1 Å². The van der Waals surface area contributed by atoms with Crippen molar-refractivity contribution in [2.24, 2.45) is 0 Å². The zero-order valence-corrected chi connectivity index (χ0v) is 19.6. The number of hydrogen-bond acceptors (Lipinski definition) is 0. The molecule has 0 saturated heterocycles. The average molecular weight is 475 g/mol. The summed E-state index contributed by atoms with van der Waals surface area (Å²) in [5, 5.41) is 1.23. The van der Waals surface area contributed by atoms with Crippen molar-refractivity contribution in [3.63, 3.8) is 0 Å². The molecule has 4 aromatic rings. The van der Waals surface area contributed by atoms with Crippen molar-refractivity contribution in [3.05, 3.63) is 107 Å². The largest absolute Gasteiger partial charge is 0.416 e. The van der Waals surface area contributed by atoms with Crippen LogP contribution in [0.25, 0.3) is 21.9 Å². The normalized spacial score (nSPS) is 11.3. The smallest absolute Gasteiger partial charge is 0.205 e. The predicted molar refractivity (Wildman–Crippen MR) is 135 cm³/mol. The highest BCUT2D eigenvalue weighted by Crippen LogP contribution is 2.30. The van der Waals surface area contributed by atoms with Crippen LogP contribution in [0.1, 0.15) is 54.9 Å². The summed E-state index contributed by atoms with van der Waals surface area (Å²) in [7, 11) is 0. The van der Waals surface area contributed by atoms with E-state index in [1.54, 1.807) is 12.1 Å². The highest BCUT2D eigenvalue weighted by Gasteiger charge is 2.29. The van der Waals surface area contributed by atoms with E-state index in [1.807, 2.05) is 18.2 Å². The maximum Gasteiger partial charge on any atom is 0.416 e. The fraction of sp³-hybridized carbons (Fsp3) is 0.226. The number of alkyl halides is 3. The number of hydrogen-bond donors (Lipinski definition) is 0. The molecule has 0 nitrogen and oxygen atoms in total. The van der Waals surface area contributed by atoms with Crippen LogP contribution in [0.2, 0.25) is 0 Å². The van der Waals surface area contributed by atoms with Crippen molar-refractivity contribution >= 4 is 10.8 Å². The Balaban J connectivity index is 1.52. The Morgan fingerprint density at radius 1 is 0.714 bits per heavy atom. The Bertz CT molecular complexity index is 1350. The van der Waals surface area contributed by atoms with Crippen molar-refractivity contribution in [1.82, 2.24) is 0 Å². The quantitative estimate of drug-likeness (QED) is 0.148. The van der Waals surface area contributed by atoms with Crippen LogP contribution in [0.3, 0.4) is 0 Å². The molecule has 4 heteroatoms. The fourth-order valence-corrected chi connectivity index (χ4v) is 4.07. The molecule has 4 rings (SSSR count). The van der Waals surface area contributed by atoms with E-state index in [2.05, 4.69) is 43.0 Å². The van der Waals surface area contributed by atoms with Crippen molar-refractivity contribution in [2.45, 2.75) is 45.2 Å². The number of benzene rings is 4. The van der Waals surface area contributed by atoms with Crippen LogP contribution in [0, 0.1) is 17.7 Å². The van der Waals surface area contributed by atoms with E-state index in [4.69, 9.17) is 0 Å². The summed E-state index contributed by atoms with van der Waals surface area (Å²) >= 11 is 0. The fourth-order valence-electron chi connectivity index (χ4n) is 4.07. The Hall–Kier alpha value is -3.58. The van der Waals surface area contributed by atoms with E-state index in [1.165, 1.54) is 43.4 Å². The minimum absolute atomic E-state index is 0.206. The second-order valence-corrected chi connectivity index (χ2v) is 8.70. The number of fused-ring (bicyclic) bond motifs is 1. The van der Waals surface area contributed by atoms with Crippen LogP contribution in [0.4, 0.5) is 17.6 Å². The highest BCUT2D eigenvalue weighted by atomic mass is 19.4. The Morgan fingerprint density at radius 2 is 1.43 bits per heavy atom. The third kappa shape index (κ3) is 6.11. The molecule has 0 fully saturated rings. The van der Waals surface area contributed by atoms with Gasteiger partial charge in [0, 0.05) is 10.9 Å². The molecule has 4 aromatic carbocycles. The molecule has 0 radical (unpaired) electrons. The molecule has 0 bridgehead atoms. The molecular formula is C31H26F4. The van der Waals surface area contributed by atoms with Gasteiger partial charge in [-0.2, -0.15) is 13.2 Å². The maximum absolute atomic E-state index is 15.1. The van der Waals surface area contributed by atoms with Crippen LogP contribution in [0.15, 0.2) is 78.9 Å². The molecule has 178 valence electrons. The Labute approximate surface area is 203 Å². The third-order valence-corrected chi connectivity index (χ3v) is 6.11. The van der Waals surface area contributed by atoms with Crippen LogP contribution in [-0.4, -0.2) is 0 Å². The Kier molecular flexibility index (Phi) is 7.56. The van der Waals surface area contributed by atoms with Gasteiger partial charge in [0.25, 0.3) is 0 Å². The van der Waals surface area contributed by atoms with Crippen molar-refractivity contribution < 1.29 is 17.6 Å². The third-order valence-electron chi connectivity index (χ3n) is 6.11. The van der Waals surface area contributed by atoms with Crippen LogP contribution in [-0.2, 0) is 12.6 Å². The lowest BCUT2D eigenvalue weighted by molar-refractivity contribution is -0.137. The van der Waals surface area contributed by atoms with Gasteiger partial charge >= 0.3 is 6.18 Å². The van der Waals surface area contributed by atoms with Gasteiger partial charge in [-0.1, -0.05) is 80.5 Å². The molecule has 0 saturated carbocycles. The highest BCUT2D eigenvalue weighted by molar-refractivity contribution is 5.89. The van der Waals surface area contributed by atoms with Crippen LogP contribution >= 0.6 is 0 Å². The zero-order valence-electron chi connectivity index (χ0n) is 19.6. The molecule has 0 heterocycles. The minimum atomic E-state index is -4.40. The van der Waals surface area contributed by atoms with Gasteiger partial charge in [-0.25, -0.2) is 4.39 Å². The van der Waals surface area contributed by atoms with Gasteiger partial charge in [-0.05, 0) is 71.3 Å². The number of rotatable bonds is 6. The number of unbranched alkanes of at least 4 members (excludes halogenated alkanes) is 3. The first-order chi connectivity index (χ1) is 16.8. The van der Waals surface area contributed by atoms with Crippen molar-refractivity contribution in [3.8, 4) is 23.0 Å². The molecule has 35 heavy (non-hydrogen) atoms. The van der Waals surface area contributed by atoms with Crippen molar-refractivity contribution in [1.29, 1.82) is 0 Å². The summed E-state index contributed by atoms with van der Waals surface area (Å²) in [5.41, 5.74) is 3.28. The monoisotopic (exact) mass is 474 g/mol. The second kappa shape index (κ2) is 10.8. The molecule has 0 spiro atoms. The van der Waals surface area contributed by atoms with Gasteiger partial charge < -0.3 is 0 Å². The molecule has 0 aliphatic carbocycles. The summed E-state index contributed by atoms with van der Waals surface area (Å²) < 4.78 is 53.2. The molecule has 0 aliphatic heterocycles. The van der Waals surface area contributed by atoms with E-state index in [0.717, 1.165) is 35.1 Å². The summed E-state index contributed by atoms with van der Waals surface area (Å²) in [6.45, 7) is 2.21. The standard InChI is InChI=1S/C31H26F4/c1-2-3-4-5-6-22-7-12-24(13-8-22)26-17-20-29-27(21-26)16-15-25(30(29)32)14-9-23-10-18-28(19-11-23)31(33,34)35/h7-8,10-13,15-21H,2-6H2,1H3. The van der Waals surface area contributed by atoms with E-state index in [0.29, 0.717) is 10.9 Å². The summed E-state index contributed by atoms with van der Waals surface area (Å²) in [5.74, 6) is 5.07. The van der Waals surface area contributed by atoms with Gasteiger partial charge in [0.15, 0.2) is 0 Å². The van der Waals surface area contributed by atoms with E-state index in [-0.39, 0.29) is 5.56 Å². The zero-order chi connectivity index (χ0) is 24.8. The first-order valence-electron chi connectivity index (χ1n) is 11.9. The van der Waals surface area contributed by atoms with E-state index < -0.39 is 17.6 Å². The summed E-state index contributed by atoms with van der Waals surface area (Å²) in [4.78, 5) is 0. The lowest BCUT2D eigenvalue weighted by Gasteiger charge is -2.08. The Morgan fingerprint density at radius 3 is 2.11 bits per heavy atom. The predicted octanol–water partition coefficient (Wildman–Crippen LogP) is 9.19. The topological polar surface area (TPSA) is 0 Å². The summed E-state index contributed by atoms with van der Waals surface area (Å²) in [6, 6.07) is 22.1. The van der Waals surface area contributed by atoms with Gasteiger partial charge in [0.1, 0.15) is 5.82 Å². The summed E-state index contributed by atoms with van der Waals surface area (Å²) in [6.07, 6.45) is 1.64. The molecule has 0 unspecified atom stereocenters. The molecule has 0 aliphatic rings. The lowest BCUT2D eigenvalue weighted by atomic mass is 9.97. The van der Waals surface area contributed by atoms with E-state index >= 15 is 4.39 Å². The number of aryl methyl sites for hydroxylation is 1. The van der Waals surface area contributed by atoms with Gasteiger partial charge in [-0.15, -0.1) is 0 Å². The molecule has 0 atom stereocenters. The molecule has 0 N–H and O–H groups in total. The average Bonchev–Trinajstić information content (AvgIpc) is 2.86. The SMILES string of the molecule is CCCCCCc1ccc(-c2ccc3c(F)c(C#Cc4ccc(C(F)(F)F)cc4)ccc3c2)cc1. The van der Waals surface area contributed by atoms with Crippen LogP contribution < -0.4 is 0 Å². The van der Waals surface area contributed by atoms with Crippen molar-refractivity contribution in [2.75, 3.05) is 0 Å². The lowest BCUT2D eigenvalue weighted by Crippen LogP contribution is -2.04. The van der Waals surface area contributed by atoms with E-state index in [9.17, 15) is 13.2 Å². The van der Waals surface area contributed by atoms with Crippen LogP contribution in [0.5, 0.6) is 0 Å². The second-order valence-electron chi connectivity index (χ2n) is 8.70. The molecule has 0 aromatic heterocycles. The first kappa shape index (κ1) is 24.5. The minimum Gasteiger partial charge on any atom is -0.205 e. The molecular weight excluding hydrogens is 448 g/mol. The molecule has 0 amide bonds. The van der Waals surface area contributed by atoms with Gasteiger partial charge in [-0.3, -0.25) is 0 Å². The maximum atomic E-state index is 15.1. The first-order valence-corrected chi connectivity index (χ1v) is 11.9. The van der Waals surface area contributed by atoms with Gasteiger partial charge in [0.2, 0.25) is 0 Å².